The molecule has 21 heavy (non-hydrogen) atoms. The summed E-state index contributed by atoms with van der Waals surface area (Å²) >= 11 is 5.95. The molecule has 1 aliphatic carbocycles. The standard InChI is InChI=1S/C14H21ClN4O2/c1-14(2,3)21-13(20)19(9-6-4-5-7-9)12-10(16)11(15)17-8-18-12/h8-9H,4-7,16H2,1-3H3. The molecule has 0 saturated heterocycles. The summed E-state index contributed by atoms with van der Waals surface area (Å²) < 4.78 is 5.49. The Morgan fingerprint density at radius 3 is 2.57 bits per heavy atom. The van der Waals surface area contributed by atoms with Gasteiger partial charge >= 0.3 is 6.09 Å². The van der Waals surface area contributed by atoms with Gasteiger partial charge in [-0.25, -0.2) is 14.8 Å². The summed E-state index contributed by atoms with van der Waals surface area (Å²) in [6.07, 6.45) is 4.81. The molecule has 2 rings (SSSR count). The van der Waals surface area contributed by atoms with Crippen LogP contribution in [0.15, 0.2) is 6.33 Å². The lowest BCUT2D eigenvalue weighted by atomic mass is 10.2. The Hall–Kier alpha value is -1.56. The number of nitrogens with two attached hydrogens (primary N) is 1. The van der Waals surface area contributed by atoms with Crippen molar-refractivity contribution < 1.29 is 9.53 Å². The van der Waals surface area contributed by atoms with E-state index in [2.05, 4.69) is 9.97 Å². The van der Waals surface area contributed by atoms with Gasteiger partial charge in [0.2, 0.25) is 0 Å². The number of nitrogen functional groups attached to an aromatic ring is 1. The molecule has 1 fully saturated rings. The van der Waals surface area contributed by atoms with E-state index in [1.54, 1.807) is 0 Å². The summed E-state index contributed by atoms with van der Waals surface area (Å²) in [7, 11) is 0. The molecule has 1 saturated carbocycles. The first kappa shape index (κ1) is 15.8. The number of amides is 1. The molecular formula is C14H21ClN4O2. The lowest BCUT2D eigenvalue weighted by molar-refractivity contribution is 0.0565. The van der Waals surface area contributed by atoms with E-state index in [0.29, 0.717) is 5.82 Å². The number of anilines is 2. The van der Waals surface area contributed by atoms with Crippen molar-refractivity contribution in [2.45, 2.75) is 58.1 Å². The van der Waals surface area contributed by atoms with Crippen molar-refractivity contribution in [1.82, 2.24) is 9.97 Å². The second kappa shape index (κ2) is 6.05. The lowest BCUT2D eigenvalue weighted by Crippen LogP contribution is -2.43. The Morgan fingerprint density at radius 1 is 1.38 bits per heavy atom. The van der Waals surface area contributed by atoms with Crippen LogP contribution in [-0.4, -0.2) is 27.7 Å². The lowest BCUT2D eigenvalue weighted by Gasteiger charge is -2.31. The van der Waals surface area contributed by atoms with Crippen molar-refractivity contribution in [3.05, 3.63) is 11.5 Å². The number of carbonyl (C=O) groups excluding carboxylic acids is 1. The first-order valence-electron chi connectivity index (χ1n) is 7.08. The highest BCUT2D eigenvalue weighted by Gasteiger charge is 2.34. The maximum atomic E-state index is 12.6. The molecular weight excluding hydrogens is 292 g/mol. The van der Waals surface area contributed by atoms with Crippen LogP contribution in [0.5, 0.6) is 0 Å². The van der Waals surface area contributed by atoms with E-state index in [1.807, 2.05) is 20.8 Å². The number of aromatic nitrogens is 2. The highest BCUT2D eigenvalue weighted by molar-refractivity contribution is 6.32. The molecule has 0 spiro atoms. The van der Waals surface area contributed by atoms with Crippen molar-refractivity contribution in [3.63, 3.8) is 0 Å². The molecule has 1 heterocycles. The predicted molar refractivity (Wildman–Crippen MR) is 82.4 cm³/mol. The number of ether oxygens (including phenoxy) is 1. The second-order valence-corrected chi connectivity index (χ2v) is 6.55. The van der Waals surface area contributed by atoms with Gasteiger partial charge in [0, 0.05) is 6.04 Å². The zero-order valence-electron chi connectivity index (χ0n) is 12.6. The van der Waals surface area contributed by atoms with Crippen molar-refractivity contribution in [3.8, 4) is 0 Å². The molecule has 1 aliphatic rings. The average molecular weight is 313 g/mol. The van der Waals surface area contributed by atoms with Crippen molar-refractivity contribution in [1.29, 1.82) is 0 Å². The third-order valence-corrected chi connectivity index (χ3v) is 3.62. The van der Waals surface area contributed by atoms with Crippen LogP contribution < -0.4 is 10.6 Å². The first-order valence-corrected chi connectivity index (χ1v) is 7.45. The zero-order chi connectivity index (χ0) is 15.6. The van der Waals surface area contributed by atoms with Gasteiger partial charge in [0.15, 0.2) is 11.0 Å². The zero-order valence-corrected chi connectivity index (χ0v) is 13.4. The van der Waals surface area contributed by atoms with Crippen LogP contribution in [0, 0.1) is 0 Å². The van der Waals surface area contributed by atoms with E-state index in [-0.39, 0.29) is 16.9 Å². The Morgan fingerprint density at radius 2 is 2.00 bits per heavy atom. The van der Waals surface area contributed by atoms with Crippen molar-refractivity contribution in [2.75, 3.05) is 10.6 Å². The van der Waals surface area contributed by atoms with Crippen LogP contribution in [-0.2, 0) is 4.74 Å². The molecule has 0 aromatic carbocycles. The molecule has 1 aromatic rings. The van der Waals surface area contributed by atoms with Gasteiger partial charge in [-0.15, -0.1) is 0 Å². The van der Waals surface area contributed by atoms with Gasteiger partial charge in [-0.2, -0.15) is 0 Å². The number of carbonyl (C=O) groups is 1. The molecule has 0 bridgehead atoms. The van der Waals surface area contributed by atoms with E-state index in [9.17, 15) is 4.79 Å². The highest BCUT2D eigenvalue weighted by atomic mass is 35.5. The predicted octanol–water partition coefficient (Wildman–Crippen LogP) is 3.40. The third kappa shape index (κ3) is 3.75. The summed E-state index contributed by atoms with van der Waals surface area (Å²) in [5, 5.41) is 0.145. The van der Waals surface area contributed by atoms with Crippen LogP contribution >= 0.6 is 11.6 Å². The second-order valence-electron chi connectivity index (χ2n) is 6.19. The number of halogens is 1. The van der Waals surface area contributed by atoms with Crippen LogP contribution in [0.2, 0.25) is 5.15 Å². The SMILES string of the molecule is CC(C)(C)OC(=O)N(c1ncnc(Cl)c1N)C1CCCC1. The summed E-state index contributed by atoms with van der Waals surface area (Å²) in [4.78, 5) is 22.1. The topological polar surface area (TPSA) is 81.3 Å². The van der Waals surface area contributed by atoms with E-state index >= 15 is 0 Å². The molecule has 7 heteroatoms. The van der Waals surface area contributed by atoms with Crippen LogP contribution in [0.25, 0.3) is 0 Å². The van der Waals surface area contributed by atoms with Crippen molar-refractivity contribution in [2.24, 2.45) is 0 Å². The normalized spacial score (nSPS) is 16.0. The van der Waals surface area contributed by atoms with E-state index in [0.717, 1.165) is 25.7 Å². The van der Waals surface area contributed by atoms with E-state index in [1.165, 1.54) is 11.2 Å². The minimum Gasteiger partial charge on any atom is -0.443 e. The fourth-order valence-corrected chi connectivity index (χ4v) is 2.57. The molecule has 1 amide bonds. The molecule has 0 radical (unpaired) electrons. The number of hydrogen-bond donors (Lipinski definition) is 1. The molecule has 1 aromatic heterocycles. The smallest absolute Gasteiger partial charge is 0.416 e. The quantitative estimate of drug-likeness (QED) is 0.846. The van der Waals surface area contributed by atoms with Gasteiger partial charge in [-0.1, -0.05) is 24.4 Å². The maximum absolute atomic E-state index is 12.6. The maximum Gasteiger partial charge on any atom is 0.416 e. The van der Waals surface area contributed by atoms with Gasteiger partial charge in [-0.05, 0) is 33.6 Å². The van der Waals surface area contributed by atoms with Gasteiger partial charge in [0.1, 0.15) is 17.6 Å². The number of hydrogen-bond acceptors (Lipinski definition) is 5. The van der Waals surface area contributed by atoms with Gasteiger partial charge in [0.05, 0.1) is 0 Å². The fraction of sp³-hybridized carbons (Fsp3) is 0.643. The van der Waals surface area contributed by atoms with Crippen LogP contribution in [0.1, 0.15) is 46.5 Å². The summed E-state index contributed by atoms with van der Waals surface area (Å²) in [6, 6.07) is 0.0353. The minimum atomic E-state index is -0.584. The Labute approximate surface area is 129 Å². The Bertz CT molecular complexity index is 524. The van der Waals surface area contributed by atoms with Crippen LogP contribution in [0.4, 0.5) is 16.3 Å². The molecule has 2 N–H and O–H groups in total. The highest BCUT2D eigenvalue weighted by Crippen LogP contribution is 2.33. The Kier molecular flexibility index (Phi) is 4.56. The van der Waals surface area contributed by atoms with Crippen molar-refractivity contribution >= 4 is 29.2 Å². The molecule has 116 valence electrons. The summed E-state index contributed by atoms with van der Waals surface area (Å²) in [6.45, 7) is 5.48. The van der Waals surface area contributed by atoms with E-state index in [4.69, 9.17) is 22.1 Å². The fourth-order valence-electron chi connectivity index (χ4n) is 2.44. The summed E-state index contributed by atoms with van der Waals surface area (Å²) in [5.41, 5.74) is 5.57. The number of rotatable bonds is 2. The average Bonchev–Trinajstić information content (AvgIpc) is 2.86. The van der Waals surface area contributed by atoms with E-state index < -0.39 is 11.7 Å². The van der Waals surface area contributed by atoms with Crippen LogP contribution in [0.3, 0.4) is 0 Å². The molecule has 0 unspecified atom stereocenters. The minimum absolute atomic E-state index is 0.0353. The van der Waals surface area contributed by atoms with Gasteiger partial charge < -0.3 is 10.5 Å². The largest absolute Gasteiger partial charge is 0.443 e. The van der Waals surface area contributed by atoms with Gasteiger partial charge in [-0.3, -0.25) is 4.90 Å². The number of nitrogens with zero attached hydrogens (tertiary/aromatic N) is 3. The summed E-state index contributed by atoms with van der Waals surface area (Å²) in [5.74, 6) is 0.330. The first-order chi connectivity index (χ1) is 9.79. The van der Waals surface area contributed by atoms with Gasteiger partial charge in [0.25, 0.3) is 0 Å². The molecule has 6 nitrogen and oxygen atoms in total. The molecule has 0 aliphatic heterocycles. The monoisotopic (exact) mass is 312 g/mol. The third-order valence-electron chi connectivity index (χ3n) is 3.32. The Balaban J connectivity index is 2.36. The molecule has 0 atom stereocenters.